The summed E-state index contributed by atoms with van der Waals surface area (Å²) in [6, 6.07) is 22.8. The topological polar surface area (TPSA) is 87.9 Å². The highest BCUT2D eigenvalue weighted by molar-refractivity contribution is 5.74. The fraction of sp³-hybridized carbons (Fsp3) is 0.575. The van der Waals surface area contributed by atoms with E-state index in [1.165, 1.54) is 36.1 Å². The van der Waals surface area contributed by atoms with Gasteiger partial charge >= 0.3 is 11.9 Å². The molecule has 2 saturated heterocycles. The van der Waals surface area contributed by atoms with E-state index in [0.29, 0.717) is 24.4 Å². The first-order valence-electron chi connectivity index (χ1n) is 18.4. The number of carboxylic acids is 1. The quantitative estimate of drug-likeness (QED) is 0.228. The maximum absolute atomic E-state index is 12.0. The van der Waals surface area contributed by atoms with Crippen molar-refractivity contribution in [3.05, 3.63) is 89.2 Å². The van der Waals surface area contributed by atoms with Crippen molar-refractivity contribution in [1.82, 2.24) is 19.6 Å². The van der Waals surface area contributed by atoms with Gasteiger partial charge in [0.05, 0.1) is 12.3 Å². The Balaban J connectivity index is 0.000000209. The van der Waals surface area contributed by atoms with Gasteiger partial charge in [0.25, 0.3) is 0 Å². The van der Waals surface area contributed by atoms with Gasteiger partial charge in [0.15, 0.2) is 0 Å². The zero-order valence-corrected chi connectivity index (χ0v) is 29.7. The molecule has 8 nitrogen and oxygen atoms in total. The molecular weight excluding hydrogens is 600 g/mol. The van der Waals surface area contributed by atoms with Crippen LogP contribution < -0.4 is 0 Å². The minimum atomic E-state index is -0.615. The summed E-state index contributed by atoms with van der Waals surface area (Å²) in [5.74, 6) is 0.478. The summed E-state index contributed by atoms with van der Waals surface area (Å²) in [7, 11) is 2.16. The monoisotopic (exact) mass is 658 g/mol. The molecule has 1 aliphatic carbocycles. The lowest BCUT2D eigenvalue weighted by atomic mass is 9.83. The first kappa shape index (κ1) is 37.3. The van der Waals surface area contributed by atoms with Crippen molar-refractivity contribution >= 4 is 11.9 Å². The molecule has 2 atom stereocenters. The van der Waals surface area contributed by atoms with Crippen LogP contribution in [0.4, 0.5) is 0 Å². The van der Waals surface area contributed by atoms with Crippen LogP contribution in [0.3, 0.4) is 0 Å². The fourth-order valence-corrected chi connectivity index (χ4v) is 7.61. The van der Waals surface area contributed by atoms with E-state index in [0.717, 1.165) is 70.4 Å². The van der Waals surface area contributed by atoms with Crippen LogP contribution in [0.25, 0.3) is 0 Å². The molecule has 48 heavy (non-hydrogen) atoms. The predicted octanol–water partition coefficient (Wildman–Crippen LogP) is 7.38. The van der Waals surface area contributed by atoms with Gasteiger partial charge < -0.3 is 14.7 Å². The summed E-state index contributed by atoms with van der Waals surface area (Å²) in [5, 5.41) is 14.4. The molecule has 0 radical (unpaired) electrons. The van der Waals surface area contributed by atoms with Crippen LogP contribution in [0.1, 0.15) is 106 Å². The molecule has 1 saturated carbocycles. The Morgan fingerprint density at radius 2 is 1.50 bits per heavy atom. The molecule has 2 aromatic carbocycles. The van der Waals surface area contributed by atoms with Crippen molar-refractivity contribution in [1.29, 1.82) is 0 Å². The Kier molecular flexibility index (Phi) is 15.2. The molecule has 1 aromatic heterocycles. The van der Waals surface area contributed by atoms with Crippen LogP contribution in [-0.2, 0) is 27.3 Å². The van der Waals surface area contributed by atoms with Crippen molar-refractivity contribution in [3.8, 4) is 0 Å². The van der Waals surface area contributed by atoms with E-state index >= 15 is 0 Å². The highest BCUT2D eigenvalue weighted by atomic mass is 16.5. The van der Waals surface area contributed by atoms with Crippen molar-refractivity contribution in [2.45, 2.75) is 103 Å². The van der Waals surface area contributed by atoms with Crippen molar-refractivity contribution in [2.75, 3.05) is 39.8 Å². The van der Waals surface area contributed by atoms with Crippen LogP contribution in [0.5, 0.6) is 0 Å². The highest BCUT2D eigenvalue weighted by Gasteiger charge is 2.38. The Morgan fingerprint density at radius 3 is 2.12 bits per heavy atom. The van der Waals surface area contributed by atoms with E-state index in [4.69, 9.17) is 9.84 Å². The number of aromatic nitrogens is 2. The number of likely N-dealkylation sites (tertiary alicyclic amines) is 2. The number of carboxylic acid groups (broad SMARTS) is 1. The van der Waals surface area contributed by atoms with Crippen LogP contribution in [0.2, 0.25) is 0 Å². The molecule has 0 amide bonds. The smallest absolute Gasteiger partial charge is 0.327 e. The van der Waals surface area contributed by atoms with Gasteiger partial charge in [-0.2, -0.15) is 5.10 Å². The third-order valence-electron chi connectivity index (χ3n) is 10.0. The zero-order valence-electron chi connectivity index (χ0n) is 29.7. The van der Waals surface area contributed by atoms with Gasteiger partial charge in [0.2, 0.25) is 0 Å². The summed E-state index contributed by atoms with van der Waals surface area (Å²) in [6.07, 6.45) is 9.93. The summed E-state index contributed by atoms with van der Waals surface area (Å²) < 4.78 is 6.99. The minimum absolute atomic E-state index is 0.199. The molecule has 1 N–H and O–H groups in total. The second-order valence-electron chi connectivity index (χ2n) is 13.3. The number of rotatable bonds is 10. The SMILES string of the molecule is CC.CCOC(=O)Cn1nc(Cc2ccccc2)cc1C1CCN(C)CC1.O=C(O)[C@@H](C1CCCCC1)N1CCC(c2ccccc2)C1. The fourth-order valence-electron chi connectivity index (χ4n) is 7.61. The Morgan fingerprint density at radius 1 is 0.875 bits per heavy atom. The number of hydrogen-bond acceptors (Lipinski definition) is 6. The van der Waals surface area contributed by atoms with Crippen LogP contribution in [-0.4, -0.2) is 82.5 Å². The van der Waals surface area contributed by atoms with Gasteiger partial charge in [-0.1, -0.05) is 93.8 Å². The Bertz CT molecular complexity index is 1360. The molecule has 6 rings (SSSR count). The molecule has 8 heteroatoms. The van der Waals surface area contributed by atoms with E-state index in [1.807, 2.05) is 49.7 Å². The lowest BCUT2D eigenvalue weighted by Gasteiger charge is -2.33. The first-order valence-corrected chi connectivity index (χ1v) is 18.4. The van der Waals surface area contributed by atoms with Crippen LogP contribution >= 0.6 is 0 Å². The molecule has 3 heterocycles. The molecule has 3 aliphatic rings. The van der Waals surface area contributed by atoms with Gasteiger partial charge in [-0.25, -0.2) is 0 Å². The maximum atomic E-state index is 12.0. The number of aliphatic carboxylic acids is 1. The van der Waals surface area contributed by atoms with Crippen molar-refractivity contribution in [2.24, 2.45) is 5.92 Å². The number of carbonyl (C=O) groups excluding carboxylic acids is 1. The zero-order chi connectivity index (χ0) is 34.3. The number of benzene rings is 2. The number of piperidine rings is 1. The van der Waals surface area contributed by atoms with Gasteiger partial charge in [-0.3, -0.25) is 19.2 Å². The number of esters is 1. The summed E-state index contributed by atoms with van der Waals surface area (Å²) >= 11 is 0. The molecule has 0 bridgehead atoms. The Labute approximate surface area is 288 Å². The average molecular weight is 659 g/mol. The van der Waals surface area contributed by atoms with E-state index in [1.54, 1.807) is 0 Å². The van der Waals surface area contributed by atoms with E-state index in [-0.39, 0.29) is 18.6 Å². The second-order valence-corrected chi connectivity index (χ2v) is 13.3. The number of ether oxygens (including phenoxy) is 1. The highest BCUT2D eigenvalue weighted by Crippen LogP contribution is 2.35. The van der Waals surface area contributed by atoms with Crippen molar-refractivity contribution < 1.29 is 19.4 Å². The molecule has 262 valence electrons. The standard InChI is InChI=1S/C20H27N3O2.C18H25NO2.C2H6/c1-3-25-20(24)15-23-19(17-9-11-22(2)12-10-17)14-18(21-23)13-16-7-5-4-6-8-16;20-18(21)17(15-9-5-2-6-10-15)19-12-11-16(13-19)14-7-3-1-4-8-14;1-2/h4-8,14,17H,3,9-13,15H2,1-2H3;1,3-4,7-8,15-17H,2,5-6,9-13H2,(H,20,21);1-2H3/t;16?,17-;/m.1./s1. The number of hydrogen-bond donors (Lipinski definition) is 1. The Hall–Kier alpha value is -3.49. The molecule has 2 aliphatic heterocycles. The normalized spacial score (nSPS) is 19.8. The lowest BCUT2D eigenvalue weighted by Crippen LogP contribution is -2.45. The van der Waals surface area contributed by atoms with E-state index in [2.05, 4.69) is 59.3 Å². The van der Waals surface area contributed by atoms with E-state index in [9.17, 15) is 14.7 Å². The minimum Gasteiger partial charge on any atom is -0.480 e. The summed E-state index contributed by atoms with van der Waals surface area (Å²) in [5.41, 5.74) is 4.78. The number of carbonyl (C=O) groups is 2. The molecule has 3 aromatic rings. The maximum Gasteiger partial charge on any atom is 0.327 e. The van der Waals surface area contributed by atoms with Gasteiger partial charge in [-0.15, -0.1) is 0 Å². The molecule has 0 spiro atoms. The molecule has 1 unspecified atom stereocenters. The summed E-state index contributed by atoms with van der Waals surface area (Å²) in [6.45, 7) is 10.4. The molecular formula is C40H58N4O4. The number of nitrogens with zero attached hydrogens (tertiary/aromatic N) is 4. The van der Waals surface area contributed by atoms with Crippen molar-refractivity contribution in [3.63, 3.8) is 0 Å². The largest absolute Gasteiger partial charge is 0.480 e. The molecule has 3 fully saturated rings. The van der Waals surface area contributed by atoms with Gasteiger partial charge in [0, 0.05) is 24.6 Å². The lowest BCUT2D eigenvalue weighted by molar-refractivity contribution is -0.146. The summed E-state index contributed by atoms with van der Waals surface area (Å²) in [4.78, 5) is 28.3. The third-order valence-corrected chi connectivity index (χ3v) is 10.0. The van der Waals surface area contributed by atoms with Crippen LogP contribution in [0, 0.1) is 5.92 Å². The van der Waals surface area contributed by atoms with Crippen LogP contribution in [0.15, 0.2) is 66.7 Å². The second kappa shape index (κ2) is 19.5. The predicted molar refractivity (Wildman–Crippen MR) is 192 cm³/mol. The average Bonchev–Trinajstić information content (AvgIpc) is 3.75. The third kappa shape index (κ3) is 10.8. The van der Waals surface area contributed by atoms with Gasteiger partial charge in [0.1, 0.15) is 12.6 Å². The first-order chi connectivity index (χ1) is 23.4. The van der Waals surface area contributed by atoms with E-state index < -0.39 is 5.97 Å². The van der Waals surface area contributed by atoms with Gasteiger partial charge in [-0.05, 0) is 94.7 Å².